The minimum atomic E-state index is -0.439. The molecule has 1 unspecified atom stereocenters. The zero-order chi connectivity index (χ0) is 17.4. The minimum absolute atomic E-state index is 0.0976. The Bertz CT molecular complexity index is 789. The maximum absolute atomic E-state index is 13.5. The van der Waals surface area contributed by atoms with Crippen LogP contribution < -0.4 is 0 Å². The third kappa shape index (κ3) is 3.68. The Morgan fingerprint density at radius 1 is 1.32 bits per heavy atom. The van der Waals surface area contributed by atoms with Crippen LogP contribution >= 0.6 is 11.6 Å². The number of amides is 1. The van der Waals surface area contributed by atoms with Crippen molar-refractivity contribution >= 4 is 17.5 Å². The molecule has 1 saturated carbocycles. The summed E-state index contributed by atoms with van der Waals surface area (Å²) in [4.78, 5) is 14.3. The highest BCUT2D eigenvalue weighted by Crippen LogP contribution is 2.39. The second kappa shape index (κ2) is 6.75. The van der Waals surface area contributed by atoms with Crippen molar-refractivity contribution < 1.29 is 9.18 Å². The first-order chi connectivity index (χ1) is 12.1. The minimum Gasteiger partial charge on any atom is -0.340 e. The Morgan fingerprint density at radius 2 is 2.16 bits per heavy atom. The summed E-state index contributed by atoms with van der Waals surface area (Å²) < 4.78 is 15.4. The third-order valence-corrected chi connectivity index (χ3v) is 5.33. The fourth-order valence-electron chi connectivity index (χ4n) is 3.32. The summed E-state index contributed by atoms with van der Waals surface area (Å²) >= 11 is 5.68. The van der Waals surface area contributed by atoms with E-state index in [-0.39, 0.29) is 17.0 Å². The molecule has 2 aromatic rings. The Hall–Kier alpha value is -1.95. The number of carbonyl (C=O) groups excluding carboxylic acids is 1. The number of rotatable bonds is 5. The molecule has 4 rings (SSSR count). The first kappa shape index (κ1) is 16.5. The molecule has 2 heterocycles. The first-order valence-corrected chi connectivity index (χ1v) is 9.11. The quantitative estimate of drug-likeness (QED) is 0.819. The second-order valence-electron chi connectivity index (χ2n) is 6.93. The van der Waals surface area contributed by atoms with Gasteiger partial charge in [0.2, 0.25) is 5.91 Å². The maximum Gasteiger partial charge on any atom is 0.222 e. The molecule has 1 saturated heterocycles. The molecular formula is C18H20ClFN4O. The average Bonchev–Trinajstić information content (AvgIpc) is 3.13. The second-order valence-corrected chi connectivity index (χ2v) is 7.34. The van der Waals surface area contributed by atoms with Crippen molar-refractivity contribution in [1.82, 2.24) is 19.9 Å². The number of hydrogen-bond acceptors (Lipinski definition) is 3. The van der Waals surface area contributed by atoms with E-state index >= 15 is 0 Å². The lowest BCUT2D eigenvalue weighted by molar-refractivity contribution is -0.130. The molecule has 2 fully saturated rings. The van der Waals surface area contributed by atoms with Crippen LogP contribution in [0.4, 0.5) is 4.39 Å². The molecule has 1 aromatic heterocycles. The Labute approximate surface area is 150 Å². The van der Waals surface area contributed by atoms with E-state index < -0.39 is 5.82 Å². The van der Waals surface area contributed by atoms with Crippen molar-refractivity contribution in [2.45, 2.75) is 44.1 Å². The number of aromatic nitrogens is 3. The average molecular weight is 363 g/mol. The highest BCUT2D eigenvalue weighted by atomic mass is 35.5. The Balaban J connectivity index is 1.31. The SMILES string of the molecule is O=C(CCc1ccc(Cl)c(F)c1)N1CCC(n2cc(C3CC3)nn2)C1. The number of halogens is 2. The number of likely N-dealkylation sites (tertiary alicyclic amines) is 1. The molecule has 0 spiro atoms. The monoisotopic (exact) mass is 362 g/mol. The van der Waals surface area contributed by atoms with E-state index in [1.165, 1.54) is 25.0 Å². The van der Waals surface area contributed by atoms with Crippen molar-refractivity contribution in [2.75, 3.05) is 13.1 Å². The van der Waals surface area contributed by atoms with Crippen LogP contribution in [0.2, 0.25) is 5.02 Å². The van der Waals surface area contributed by atoms with Gasteiger partial charge >= 0.3 is 0 Å². The van der Waals surface area contributed by atoms with Gasteiger partial charge in [-0.05, 0) is 43.4 Å². The lowest BCUT2D eigenvalue weighted by Crippen LogP contribution is -2.29. The number of nitrogens with zero attached hydrogens (tertiary/aromatic N) is 4. The zero-order valence-electron chi connectivity index (χ0n) is 13.9. The zero-order valence-corrected chi connectivity index (χ0v) is 14.6. The summed E-state index contributed by atoms with van der Waals surface area (Å²) in [6.07, 6.45) is 6.24. The van der Waals surface area contributed by atoms with Crippen LogP contribution in [-0.2, 0) is 11.2 Å². The van der Waals surface area contributed by atoms with E-state index in [1.807, 2.05) is 15.8 Å². The molecule has 1 aliphatic carbocycles. The van der Waals surface area contributed by atoms with Gasteiger partial charge in [0.25, 0.3) is 0 Å². The fraction of sp³-hybridized carbons (Fsp3) is 0.500. The maximum atomic E-state index is 13.5. The van der Waals surface area contributed by atoms with Gasteiger partial charge in [-0.2, -0.15) is 0 Å². The molecule has 7 heteroatoms. The van der Waals surface area contributed by atoms with Crippen LogP contribution in [0, 0.1) is 5.82 Å². The first-order valence-electron chi connectivity index (χ1n) is 8.73. The van der Waals surface area contributed by atoms with E-state index in [1.54, 1.807) is 6.07 Å². The molecule has 25 heavy (non-hydrogen) atoms. The van der Waals surface area contributed by atoms with Crippen LogP contribution in [-0.4, -0.2) is 38.9 Å². The van der Waals surface area contributed by atoms with Gasteiger partial charge in [-0.3, -0.25) is 4.79 Å². The van der Waals surface area contributed by atoms with Gasteiger partial charge in [0.05, 0.1) is 16.8 Å². The fourth-order valence-corrected chi connectivity index (χ4v) is 3.44. The van der Waals surface area contributed by atoms with Crippen LogP contribution in [0.15, 0.2) is 24.4 Å². The van der Waals surface area contributed by atoms with Gasteiger partial charge in [-0.1, -0.05) is 22.9 Å². The summed E-state index contributed by atoms with van der Waals surface area (Å²) in [5.41, 5.74) is 1.87. The molecule has 0 N–H and O–H groups in total. The molecular weight excluding hydrogens is 343 g/mol. The molecule has 2 aliphatic rings. The molecule has 1 aliphatic heterocycles. The normalized spacial score (nSPS) is 20.2. The number of carbonyl (C=O) groups is 1. The van der Waals surface area contributed by atoms with Crippen molar-refractivity contribution in [3.8, 4) is 0 Å². The highest BCUT2D eigenvalue weighted by Gasteiger charge is 2.31. The lowest BCUT2D eigenvalue weighted by atomic mass is 10.1. The predicted octanol–water partition coefficient (Wildman–Crippen LogP) is 3.35. The highest BCUT2D eigenvalue weighted by molar-refractivity contribution is 6.30. The van der Waals surface area contributed by atoms with E-state index in [0.29, 0.717) is 25.3 Å². The van der Waals surface area contributed by atoms with Crippen LogP contribution in [0.5, 0.6) is 0 Å². The number of hydrogen-bond donors (Lipinski definition) is 0. The van der Waals surface area contributed by atoms with Gasteiger partial charge in [0, 0.05) is 31.6 Å². The molecule has 0 bridgehead atoms. The Morgan fingerprint density at radius 3 is 2.92 bits per heavy atom. The van der Waals surface area contributed by atoms with Gasteiger partial charge in [0.1, 0.15) is 5.82 Å². The van der Waals surface area contributed by atoms with Crippen LogP contribution in [0.3, 0.4) is 0 Å². The largest absolute Gasteiger partial charge is 0.340 e. The van der Waals surface area contributed by atoms with Gasteiger partial charge < -0.3 is 4.90 Å². The molecule has 132 valence electrons. The van der Waals surface area contributed by atoms with E-state index in [0.717, 1.165) is 24.2 Å². The van der Waals surface area contributed by atoms with E-state index in [2.05, 4.69) is 10.3 Å². The standard InChI is InChI=1S/C18H20ClFN4O/c19-15-5-1-12(9-16(15)20)2-6-18(25)23-8-7-14(10-23)24-11-17(21-22-24)13-3-4-13/h1,5,9,11,13-14H,2-4,6-8,10H2. The molecule has 0 radical (unpaired) electrons. The van der Waals surface area contributed by atoms with E-state index in [9.17, 15) is 9.18 Å². The van der Waals surface area contributed by atoms with Gasteiger partial charge in [-0.25, -0.2) is 9.07 Å². The molecule has 1 amide bonds. The summed E-state index contributed by atoms with van der Waals surface area (Å²) in [6.45, 7) is 1.40. The molecule has 1 atom stereocenters. The summed E-state index contributed by atoms with van der Waals surface area (Å²) in [5, 5.41) is 8.59. The Kier molecular flexibility index (Phi) is 4.46. The van der Waals surface area contributed by atoms with Crippen molar-refractivity contribution in [3.05, 3.63) is 46.5 Å². The van der Waals surface area contributed by atoms with Gasteiger partial charge in [-0.15, -0.1) is 5.10 Å². The number of benzene rings is 1. The summed E-state index contributed by atoms with van der Waals surface area (Å²) in [5.74, 6) is 0.249. The summed E-state index contributed by atoms with van der Waals surface area (Å²) in [7, 11) is 0. The lowest BCUT2D eigenvalue weighted by Gasteiger charge is -2.16. The smallest absolute Gasteiger partial charge is 0.222 e. The topological polar surface area (TPSA) is 51.0 Å². The van der Waals surface area contributed by atoms with Crippen molar-refractivity contribution in [3.63, 3.8) is 0 Å². The van der Waals surface area contributed by atoms with Crippen LogP contribution in [0.25, 0.3) is 0 Å². The molecule has 5 nitrogen and oxygen atoms in total. The van der Waals surface area contributed by atoms with Crippen LogP contribution in [0.1, 0.15) is 48.9 Å². The molecule has 1 aromatic carbocycles. The predicted molar refractivity (Wildman–Crippen MR) is 92.0 cm³/mol. The summed E-state index contributed by atoms with van der Waals surface area (Å²) in [6, 6.07) is 4.90. The van der Waals surface area contributed by atoms with Gasteiger partial charge in [0.15, 0.2) is 0 Å². The number of aryl methyl sites for hydroxylation is 1. The van der Waals surface area contributed by atoms with E-state index in [4.69, 9.17) is 11.6 Å². The van der Waals surface area contributed by atoms with Crippen molar-refractivity contribution in [1.29, 1.82) is 0 Å². The third-order valence-electron chi connectivity index (χ3n) is 5.03. The van der Waals surface area contributed by atoms with Crippen molar-refractivity contribution in [2.24, 2.45) is 0 Å².